The smallest absolute Gasteiger partial charge is 0.237 e. The second-order valence-electron chi connectivity index (χ2n) is 6.78. The molecule has 140 valence electrons. The molecule has 1 aliphatic heterocycles. The number of carbonyl (C=O) groups excluding carboxylic acids is 1. The van der Waals surface area contributed by atoms with Gasteiger partial charge in [-0.15, -0.1) is 0 Å². The zero-order chi connectivity index (χ0) is 18.4. The highest BCUT2D eigenvalue weighted by molar-refractivity contribution is 7.88. The van der Waals surface area contributed by atoms with E-state index in [9.17, 15) is 13.2 Å². The van der Waals surface area contributed by atoms with Crippen molar-refractivity contribution in [2.24, 2.45) is 5.92 Å². The van der Waals surface area contributed by atoms with Crippen LogP contribution >= 0.6 is 0 Å². The first-order chi connectivity index (χ1) is 11.8. The minimum atomic E-state index is -3.43. The molecule has 1 heterocycles. The van der Waals surface area contributed by atoms with E-state index >= 15 is 0 Å². The molecule has 0 spiro atoms. The molecule has 1 unspecified atom stereocenters. The van der Waals surface area contributed by atoms with Crippen LogP contribution in [0, 0.1) is 5.92 Å². The monoisotopic (exact) mass is 368 g/mol. The fourth-order valence-electron chi connectivity index (χ4n) is 3.07. The standard InChI is InChI=1S/C18H28N2O4S/c1-15-5-4-11-19(13-15)18(21)14-20(25(3,22)23)12-10-16-6-8-17(24-2)9-7-16/h6-9,15H,4-5,10-14H2,1-3H3. The SMILES string of the molecule is COc1ccc(CCN(CC(=O)N2CCCC(C)C2)S(C)(=O)=O)cc1. The van der Waals surface area contributed by atoms with Crippen LogP contribution in [0.3, 0.4) is 0 Å². The normalized spacial score (nSPS) is 18.4. The molecule has 0 aliphatic carbocycles. The van der Waals surface area contributed by atoms with Crippen LogP contribution in [0.5, 0.6) is 5.75 Å². The number of rotatable bonds is 7. The van der Waals surface area contributed by atoms with Gasteiger partial charge in [0.2, 0.25) is 15.9 Å². The van der Waals surface area contributed by atoms with Crippen LogP contribution in [0.25, 0.3) is 0 Å². The highest BCUT2D eigenvalue weighted by Crippen LogP contribution is 2.16. The predicted molar refractivity (Wildman–Crippen MR) is 98.1 cm³/mol. The van der Waals surface area contributed by atoms with Gasteiger partial charge in [-0.2, -0.15) is 4.31 Å². The largest absolute Gasteiger partial charge is 0.497 e. The number of likely N-dealkylation sites (tertiary alicyclic amines) is 1. The van der Waals surface area contributed by atoms with Crippen LogP contribution in [-0.4, -0.2) is 63.1 Å². The van der Waals surface area contributed by atoms with Gasteiger partial charge in [-0.3, -0.25) is 4.79 Å². The van der Waals surface area contributed by atoms with E-state index in [4.69, 9.17) is 4.74 Å². The maximum absolute atomic E-state index is 12.5. The Morgan fingerprint density at radius 2 is 2.00 bits per heavy atom. The lowest BCUT2D eigenvalue weighted by Gasteiger charge is -2.32. The van der Waals surface area contributed by atoms with Crippen molar-refractivity contribution in [3.8, 4) is 5.75 Å². The Bertz CT molecular complexity index is 673. The topological polar surface area (TPSA) is 66.9 Å². The zero-order valence-electron chi connectivity index (χ0n) is 15.3. The van der Waals surface area contributed by atoms with Gasteiger partial charge in [-0.05, 0) is 42.9 Å². The molecule has 2 rings (SSSR count). The van der Waals surface area contributed by atoms with Crippen molar-refractivity contribution in [1.29, 1.82) is 0 Å². The molecule has 0 radical (unpaired) electrons. The van der Waals surface area contributed by atoms with Crippen molar-refractivity contribution in [2.75, 3.05) is 39.5 Å². The molecule has 25 heavy (non-hydrogen) atoms. The number of ether oxygens (including phenoxy) is 1. The minimum Gasteiger partial charge on any atom is -0.497 e. The zero-order valence-corrected chi connectivity index (χ0v) is 16.1. The predicted octanol–water partition coefficient (Wildman–Crippen LogP) is 1.76. The average Bonchev–Trinajstić information content (AvgIpc) is 2.57. The number of piperidine rings is 1. The number of hydrogen-bond acceptors (Lipinski definition) is 4. The maximum atomic E-state index is 12.5. The lowest BCUT2D eigenvalue weighted by molar-refractivity contribution is -0.133. The fraction of sp³-hybridized carbons (Fsp3) is 0.611. The summed E-state index contributed by atoms with van der Waals surface area (Å²) >= 11 is 0. The highest BCUT2D eigenvalue weighted by Gasteiger charge is 2.26. The Balaban J connectivity index is 1.97. The van der Waals surface area contributed by atoms with Crippen molar-refractivity contribution < 1.29 is 17.9 Å². The molecule has 1 aromatic rings. The van der Waals surface area contributed by atoms with Gasteiger partial charge in [0.15, 0.2) is 0 Å². The van der Waals surface area contributed by atoms with Crippen molar-refractivity contribution >= 4 is 15.9 Å². The Kier molecular flexibility index (Phi) is 6.84. The van der Waals surface area contributed by atoms with E-state index < -0.39 is 10.0 Å². The Morgan fingerprint density at radius 1 is 1.32 bits per heavy atom. The van der Waals surface area contributed by atoms with Gasteiger partial charge in [0.1, 0.15) is 5.75 Å². The number of amides is 1. The van der Waals surface area contributed by atoms with Crippen molar-refractivity contribution in [3.05, 3.63) is 29.8 Å². The molecule has 0 N–H and O–H groups in total. The number of sulfonamides is 1. The van der Waals surface area contributed by atoms with Crippen molar-refractivity contribution in [3.63, 3.8) is 0 Å². The molecule has 1 atom stereocenters. The number of benzene rings is 1. The van der Waals surface area contributed by atoms with E-state index in [0.717, 1.165) is 43.5 Å². The van der Waals surface area contributed by atoms with Gasteiger partial charge in [-0.25, -0.2) is 8.42 Å². The molecule has 1 saturated heterocycles. The van der Waals surface area contributed by atoms with Crippen LogP contribution in [0.1, 0.15) is 25.3 Å². The molecule has 1 aliphatic rings. The molecule has 6 nitrogen and oxygen atoms in total. The quantitative estimate of drug-likeness (QED) is 0.735. The van der Waals surface area contributed by atoms with Gasteiger partial charge in [-0.1, -0.05) is 19.1 Å². The lowest BCUT2D eigenvalue weighted by Crippen LogP contribution is -2.46. The first-order valence-electron chi connectivity index (χ1n) is 8.65. The summed E-state index contributed by atoms with van der Waals surface area (Å²) in [4.78, 5) is 14.3. The number of hydrogen-bond donors (Lipinski definition) is 0. The van der Waals surface area contributed by atoms with Gasteiger partial charge in [0, 0.05) is 19.6 Å². The fourth-order valence-corrected chi connectivity index (χ4v) is 3.84. The summed E-state index contributed by atoms with van der Waals surface area (Å²) in [6.45, 7) is 3.77. The summed E-state index contributed by atoms with van der Waals surface area (Å²) in [5.74, 6) is 1.13. The van der Waals surface area contributed by atoms with Crippen LogP contribution in [0.4, 0.5) is 0 Å². The third-order valence-electron chi connectivity index (χ3n) is 4.60. The number of carbonyl (C=O) groups is 1. The highest BCUT2D eigenvalue weighted by atomic mass is 32.2. The first-order valence-corrected chi connectivity index (χ1v) is 10.5. The van der Waals surface area contributed by atoms with Crippen LogP contribution in [0.2, 0.25) is 0 Å². The molecule has 1 amide bonds. The summed E-state index contributed by atoms with van der Waals surface area (Å²) in [7, 11) is -1.83. The summed E-state index contributed by atoms with van der Waals surface area (Å²) in [6.07, 6.45) is 3.82. The molecule has 0 aromatic heterocycles. The Labute approximate surface area is 150 Å². The van der Waals surface area contributed by atoms with Crippen LogP contribution in [0.15, 0.2) is 24.3 Å². The van der Waals surface area contributed by atoms with Crippen LogP contribution < -0.4 is 4.74 Å². The molecular formula is C18H28N2O4S. The van der Waals surface area contributed by atoms with E-state index in [1.165, 1.54) is 4.31 Å². The van der Waals surface area contributed by atoms with Gasteiger partial charge >= 0.3 is 0 Å². The third-order valence-corrected chi connectivity index (χ3v) is 5.85. The minimum absolute atomic E-state index is 0.0816. The Morgan fingerprint density at radius 3 is 2.56 bits per heavy atom. The molecule has 0 bridgehead atoms. The van der Waals surface area contributed by atoms with E-state index in [0.29, 0.717) is 18.9 Å². The second-order valence-corrected chi connectivity index (χ2v) is 8.76. The summed E-state index contributed by atoms with van der Waals surface area (Å²) in [6, 6.07) is 7.52. The van der Waals surface area contributed by atoms with Gasteiger partial charge in [0.25, 0.3) is 0 Å². The Hall–Kier alpha value is -1.60. The van der Waals surface area contributed by atoms with Gasteiger partial charge < -0.3 is 9.64 Å². The van der Waals surface area contributed by atoms with Gasteiger partial charge in [0.05, 0.1) is 19.9 Å². The first kappa shape index (κ1) is 19.7. The van der Waals surface area contributed by atoms with E-state index in [1.807, 2.05) is 24.3 Å². The molecule has 0 saturated carbocycles. The van der Waals surface area contributed by atoms with E-state index in [2.05, 4.69) is 6.92 Å². The summed E-state index contributed by atoms with van der Waals surface area (Å²) in [5, 5.41) is 0. The average molecular weight is 368 g/mol. The number of nitrogens with zero attached hydrogens (tertiary/aromatic N) is 2. The second kappa shape index (κ2) is 8.67. The van der Waals surface area contributed by atoms with E-state index in [1.54, 1.807) is 12.0 Å². The van der Waals surface area contributed by atoms with E-state index in [-0.39, 0.29) is 12.5 Å². The van der Waals surface area contributed by atoms with Crippen molar-refractivity contribution in [1.82, 2.24) is 9.21 Å². The van der Waals surface area contributed by atoms with Crippen molar-refractivity contribution in [2.45, 2.75) is 26.2 Å². The third kappa shape index (κ3) is 6.01. The number of methoxy groups -OCH3 is 1. The molecular weight excluding hydrogens is 340 g/mol. The molecule has 1 aromatic carbocycles. The summed E-state index contributed by atoms with van der Waals surface area (Å²) < 4.78 is 30.5. The maximum Gasteiger partial charge on any atom is 0.237 e. The molecule has 1 fully saturated rings. The lowest BCUT2D eigenvalue weighted by atomic mass is 10.0. The molecule has 7 heteroatoms. The van der Waals surface area contributed by atoms with Crippen LogP contribution in [-0.2, 0) is 21.2 Å². The summed E-state index contributed by atoms with van der Waals surface area (Å²) in [5.41, 5.74) is 1.01.